The Morgan fingerprint density at radius 1 is 0.810 bits per heavy atom. The van der Waals surface area contributed by atoms with Crippen molar-refractivity contribution in [2.45, 2.75) is 34.6 Å². The number of aryl methyl sites for hydroxylation is 1. The van der Waals surface area contributed by atoms with E-state index in [0.717, 1.165) is 0 Å². The molecule has 0 aliphatic heterocycles. The first-order valence-corrected chi connectivity index (χ1v) is 7.56. The number of nitrogens with zero attached hydrogens (tertiary/aromatic N) is 1. The van der Waals surface area contributed by atoms with Gasteiger partial charge in [-0.2, -0.15) is 0 Å². The van der Waals surface area contributed by atoms with Gasteiger partial charge in [-0.1, -0.05) is 52.1 Å². The zero-order valence-electron chi connectivity index (χ0n) is 13.6. The fourth-order valence-corrected chi connectivity index (χ4v) is 2.81. The molecule has 4 aromatic rings. The smallest absolute Gasteiger partial charge is 0.167 e. The molecule has 2 aromatic carbocycles. The number of hydrogen-bond acceptors (Lipinski definition) is 0. The maximum Gasteiger partial charge on any atom is 0.167 e. The summed E-state index contributed by atoms with van der Waals surface area (Å²) < 4.78 is 2.22. The largest absolute Gasteiger partial charge is 0.206 e. The van der Waals surface area contributed by atoms with Crippen molar-refractivity contribution in [1.29, 1.82) is 0 Å². The Morgan fingerprint density at radius 3 is 2.19 bits per heavy atom. The molecule has 0 saturated heterocycles. The van der Waals surface area contributed by atoms with Gasteiger partial charge in [0.05, 0.1) is 0 Å². The maximum atomic E-state index is 2.22. The third-order valence-corrected chi connectivity index (χ3v) is 3.58. The zero-order chi connectivity index (χ0) is 14.7. The molecule has 0 amide bonds. The Balaban J connectivity index is 0.000000410. The molecular weight excluding hydrogens is 331 g/mol. The summed E-state index contributed by atoms with van der Waals surface area (Å²) >= 11 is 0. The van der Waals surface area contributed by atoms with Crippen molar-refractivity contribution in [2.75, 3.05) is 0 Å². The van der Waals surface area contributed by atoms with Crippen LogP contribution in [0.15, 0.2) is 48.8 Å². The number of rotatable bonds is 0. The SMILES string of the molecule is CC.CC.C[c-]1c2cccc3cc[n+]4cccc1c4c32.[Y]. The van der Waals surface area contributed by atoms with Gasteiger partial charge >= 0.3 is 0 Å². The van der Waals surface area contributed by atoms with Crippen LogP contribution in [-0.4, -0.2) is 0 Å². The molecule has 1 radical (unpaired) electrons. The fraction of sp³-hybridized carbons (Fsp3) is 0.263. The summed E-state index contributed by atoms with van der Waals surface area (Å²) in [6.07, 6.45) is 4.26. The van der Waals surface area contributed by atoms with Crippen LogP contribution in [0.1, 0.15) is 33.3 Å². The molecule has 4 rings (SSSR count). The first kappa shape index (κ1) is 18.1. The third kappa shape index (κ3) is 2.87. The van der Waals surface area contributed by atoms with Gasteiger partial charge in [0.1, 0.15) is 5.52 Å². The van der Waals surface area contributed by atoms with E-state index in [2.05, 4.69) is 60.1 Å². The van der Waals surface area contributed by atoms with Gasteiger partial charge < -0.3 is 0 Å². The Bertz CT molecular complexity index is 746. The van der Waals surface area contributed by atoms with Gasteiger partial charge in [-0.3, -0.25) is 0 Å². The van der Waals surface area contributed by atoms with E-state index in [4.69, 9.17) is 0 Å². The second-order valence-electron chi connectivity index (χ2n) is 4.39. The molecule has 0 bridgehead atoms. The van der Waals surface area contributed by atoms with Crippen LogP contribution in [0.2, 0.25) is 0 Å². The van der Waals surface area contributed by atoms with Crippen LogP contribution >= 0.6 is 0 Å². The van der Waals surface area contributed by atoms with Crippen molar-refractivity contribution >= 4 is 27.1 Å². The van der Waals surface area contributed by atoms with Crippen LogP contribution in [0.5, 0.6) is 0 Å². The molecule has 0 spiro atoms. The van der Waals surface area contributed by atoms with E-state index in [-0.39, 0.29) is 32.7 Å². The van der Waals surface area contributed by atoms with E-state index >= 15 is 0 Å². The standard InChI is InChI=1S/C15H11N.2C2H6.Y/c1-10-12-5-2-4-11-7-9-16-8-3-6-13(10)15(16)14(11)12;2*1-2;/h2-9H,1H3;2*1-2H3;. The van der Waals surface area contributed by atoms with E-state index < -0.39 is 0 Å². The van der Waals surface area contributed by atoms with Crippen molar-refractivity contribution in [3.8, 4) is 0 Å². The summed E-state index contributed by atoms with van der Waals surface area (Å²) in [5.41, 5.74) is 2.75. The number of benzene rings is 1. The van der Waals surface area contributed by atoms with Gasteiger partial charge in [-0.05, 0) is 16.8 Å². The monoisotopic (exact) mass is 354 g/mol. The van der Waals surface area contributed by atoms with Crippen LogP contribution in [0.25, 0.3) is 27.1 Å². The third-order valence-electron chi connectivity index (χ3n) is 3.58. The summed E-state index contributed by atoms with van der Waals surface area (Å²) in [5, 5.41) is 5.49. The van der Waals surface area contributed by atoms with Gasteiger partial charge in [0.25, 0.3) is 0 Å². The summed E-state index contributed by atoms with van der Waals surface area (Å²) in [6, 6.07) is 13.1. The van der Waals surface area contributed by atoms with E-state index in [1.54, 1.807) is 0 Å². The minimum atomic E-state index is 0. The van der Waals surface area contributed by atoms with E-state index in [0.29, 0.717) is 0 Å². The van der Waals surface area contributed by atoms with Gasteiger partial charge in [0, 0.05) is 38.8 Å². The van der Waals surface area contributed by atoms with Crippen LogP contribution in [0, 0.1) is 6.92 Å². The minimum absolute atomic E-state index is 0. The number of pyridine rings is 2. The molecule has 107 valence electrons. The normalized spacial score (nSPS) is 9.76. The van der Waals surface area contributed by atoms with Crippen LogP contribution in [-0.2, 0) is 32.7 Å². The van der Waals surface area contributed by atoms with E-state index in [9.17, 15) is 0 Å². The molecule has 2 heterocycles. The summed E-state index contributed by atoms with van der Waals surface area (Å²) in [7, 11) is 0. The quantitative estimate of drug-likeness (QED) is 0.231. The van der Waals surface area contributed by atoms with Gasteiger partial charge in [-0.15, -0.1) is 23.1 Å². The Kier molecular flexibility index (Phi) is 6.83. The van der Waals surface area contributed by atoms with Crippen molar-refractivity contribution in [1.82, 2.24) is 0 Å². The predicted octanol–water partition coefficient (Wildman–Crippen LogP) is 5.25. The average Bonchev–Trinajstić information content (AvgIpc) is 2.85. The predicted molar refractivity (Wildman–Crippen MR) is 88.8 cm³/mol. The number of hydrogen-bond donors (Lipinski definition) is 0. The van der Waals surface area contributed by atoms with Crippen molar-refractivity contribution < 1.29 is 37.1 Å². The molecule has 0 N–H and O–H groups in total. The summed E-state index contributed by atoms with van der Waals surface area (Å²) in [6.45, 7) is 10.2. The maximum absolute atomic E-state index is 2.22. The number of aromatic nitrogens is 1. The van der Waals surface area contributed by atoms with E-state index in [1.807, 2.05) is 27.7 Å². The average molecular weight is 354 g/mol. The summed E-state index contributed by atoms with van der Waals surface area (Å²) in [4.78, 5) is 0. The molecule has 0 saturated carbocycles. The summed E-state index contributed by atoms with van der Waals surface area (Å²) in [5.74, 6) is 0. The first-order valence-electron chi connectivity index (χ1n) is 7.56. The fourth-order valence-electron chi connectivity index (χ4n) is 2.81. The van der Waals surface area contributed by atoms with Gasteiger partial charge in [0.2, 0.25) is 0 Å². The molecule has 0 aliphatic carbocycles. The van der Waals surface area contributed by atoms with E-state index in [1.165, 1.54) is 32.6 Å². The zero-order valence-corrected chi connectivity index (χ0v) is 16.5. The second kappa shape index (κ2) is 7.91. The molecule has 2 heteroatoms. The Morgan fingerprint density at radius 2 is 1.48 bits per heavy atom. The van der Waals surface area contributed by atoms with Crippen molar-refractivity contribution in [3.05, 3.63) is 54.4 Å². The van der Waals surface area contributed by atoms with Crippen molar-refractivity contribution in [3.63, 3.8) is 0 Å². The molecule has 21 heavy (non-hydrogen) atoms. The van der Waals surface area contributed by atoms with Crippen molar-refractivity contribution in [2.24, 2.45) is 0 Å². The molecular formula is C19H23NY. The molecule has 1 nitrogen and oxygen atoms in total. The Labute approximate surface area is 152 Å². The first-order chi connectivity index (χ1) is 9.86. The molecule has 0 unspecified atom stereocenters. The van der Waals surface area contributed by atoms with Crippen LogP contribution in [0.3, 0.4) is 0 Å². The Hall–Kier alpha value is -0.916. The second-order valence-corrected chi connectivity index (χ2v) is 4.39. The van der Waals surface area contributed by atoms with Crippen LogP contribution < -0.4 is 4.40 Å². The van der Waals surface area contributed by atoms with Gasteiger partial charge in [-0.25, -0.2) is 4.40 Å². The minimum Gasteiger partial charge on any atom is -0.206 e. The van der Waals surface area contributed by atoms with Crippen LogP contribution in [0.4, 0.5) is 0 Å². The molecule has 0 fully saturated rings. The topological polar surface area (TPSA) is 4.10 Å². The van der Waals surface area contributed by atoms with Gasteiger partial charge in [0.15, 0.2) is 12.4 Å². The molecule has 0 atom stereocenters. The molecule has 0 aliphatic rings. The molecule has 2 aromatic heterocycles.